The number of aliphatic imine (C=N–C) groups is 1. The fourth-order valence-electron chi connectivity index (χ4n) is 2.78. The molecular formula is C22H14N2O6. The first-order chi connectivity index (χ1) is 14.7. The van der Waals surface area contributed by atoms with Crippen molar-refractivity contribution in [1.82, 2.24) is 0 Å². The quantitative estimate of drug-likeness (QED) is 0.437. The molecule has 0 aliphatic rings. The number of rotatable bonds is 7. The Hall–Kier alpha value is -4.51. The van der Waals surface area contributed by atoms with Crippen LogP contribution < -0.4 is 4.74 Å². The van der Waals surface area contributed by atoms with Crippen molar-refractivity contribution in [2.45, 2.75) is 0 Å². The van der Waals surface area contributed by atoms with Crippen LogP contribution in [-0.4, -0.2) is 23.9 Å². The molecule has 0 amide bonds. The SMILES string of the molecule is N#Cc1c(N=Cc2ccc(OCC(=O)O)cc2)oc(-c2ccco2)c1-c1ccco1. The second-order valence-corrected chi connectivity index (χ2v) is 6.06. The maximum atomic E-state index is 10.6. The molecule has 0 aliphatic carbocycles. The minimum Gasteiger partial charge on any atom is -0.482 e. The summed E-state index contributed by atoms with van der Waals surface area (Å²) in [5.74, 6) is 0.729. The van der Waals surface area contributed by atoms with E-state index in [1.807, 2.05) is 0 Å². The highest BCUT2D eigenvalue weighted by Gasteiger charge is 2.25. The smallest absolute Gasteiger partial charge is 0.341 e. The van der Waals surface area contributed by atoms with E-state index in [0.29, 0.717) is 34.2 Å². The van der Waals surface area contributed by atoms with E-state index in [4.69, 9.17) is 23.1 Å². The highest BCUT2D eigenvalue weighted by molar-refractivity contribution is 5.87. The number of aliphatic carboxylic acids is 1. The average molecular weight is 402 g/mol. The number of nitriles is 1. The van der Waals surface area contributed by atoms with E-state index in [9.17, 15) is 10.1 Å². The van der Waals surface area contributed by atoms with Crippen LogP contribution in [0.3, 0.4) is 0 Å². The fourth-order valence-corrected chi connectivity index (χ4v) is 2.78. The van der Waals surface area contributed by atoms with Crippen LogP contribution >= 0.6 is 0 Å². The van der Waals surface area contributed by atoms with Crippen molar-refractivity contribution in [3.05, 3.63) is 72.2 Å². The molecule has 3 aromatic heterocycles. The number of ether oxygens (including phenoxy) is 1. The first kappa shape index (κ1) is 18.8. The normalized spacial score (nSPS) is 10.9. The van der Waals surface area contributed by atoms with E-state index in [1.54, 1.807) is 48.5 Å². The molecule has 8 nitrogen and oxygen atoms in total. The van der Waals surface area contributed by atoms with Crippen LogP contribution in [-0.2, 0) is 4.79 Å². The summed E-state index contributed by atoms with van der Waals surface area (Å²) in [6.45, 7) is -0.420. The third-order valence-corrected chi connectivity index (χ3v) is 4.09. The maximum absolute atomic E-state index is 10.6. The number of nitrogens with zero attached hydrogens (tertiary/aromatic N) is 2. The van der Waals surface area contributed by atoms with Gasteiger partial charge in [0.25, 0.3) is 0 Å². The number of carbonyl (C=O) groups is 1. The number of hydrogen-bond acceptors (Lipinski definition) is 7. The highest BCUT2D eigenvalue weighted by Crippen LogP contribution is 2.42. The zero-order chi connectivity index (χ0) is 20.9. The van der Waals surface area contributed by atoms with Gasteiger partial charge in [0.2, 0.25) is 5.88 Å². The summed E-state index contributed by atoms with van der Waals surface area (Å²) in [6, 6.07) is 15.7. The predicted molar refractivity (Wildman–Crippen MR) is 106 cm³/mol. The first-order valence-electron chi connectivity index (χ1n) is 8.79. The number of furan rings is 3. The van der Waals surface area contributed by atoms with Crippen molar-refractivity contribution >= 4 is 18.1 Å². The lowest BCUT2D eigenvalue weighted by Crippen LogP contribution is -2.09. The Bertz CT molecular complexity index is 1210. The summed E-state index contributed by atoms with van der Waals surface area (Å²) < 4.78 is 21.9. The molecule has 4 aromatic rings. The Labute approximate surface area is 170 Å². The van der Waals surface area contributed by atoms with Crippen LogP contribution in [0.1, 0.15) is 11.1 Å². The Kier molecular flexibility index (Phi) is 5.17. The van der Waals surface area contributed by atoms with Crippen molar-refractivity contribution in [2.24, 2.45) is 4.99 Å². The molecule has 0 radical (unpaired) electrons. The topological polar surface area (TPSA) is 122 Å². The Morgan fingerprint density at radius 2 is 1.80 bits per heavy atom. The molecule has 1 N–H and O–H groups in total. The van der Waals surface area contributed by atoms with E-state index in [2.05, 4.69) is 11.1 Å². The van der Waals surface area contributed by atoms with Crippen molar-refractivity contribution in [3.8, 4) is 34.7 Å². The summed E-state index contributed by atoms with van der Waals surface area (Å²) in [6.07, 6.45) is 4.54. The van der Waals surface area contributed by atoms with Crippen LogP contribution in [0.5, 0.6) is 5.75 Å². The van der Waals surface area contributed by atoms with Crippen molar-refractivity contribution < 1.29 is 27.9 Å². The van der Waals surface area contributed by atoms with Crippen LogP contribution in [0.4, 0.5) is 5.88 Å². The summed E-state index contributed by atoms with van der Waals surface area (Å²) in [5, 5.41) is 18.4. The average Bonchev–Trinajstić information content (AvgIpc) is 3.51. The van der Waals surface area contributed by atoms with Gasteiger partial charge in [-0.3, -0.25) is 0 Å². The summed E-state index contributed by atoms with van der Waals surface area (Å²) in [5.41, 5.74) is 1.38. The van der Waals surface area contributed by atoms with E-state index in [0.717, 1.165) is 0 Å². The van der Waals surface area contributed by atoms with Crippen LogP contribution in [0.2, 0.25) is 0 Å². The van der Waals surface area contributed by atoms with Gasteiger partial charge >= 0.3 is 5.97 Å². The summed E-state index contributed by atoms with van der Waals surface area (Å²) in [4.78, 5) is 14.9. The van der Waals surface area contributed by atoms with Gasteiger partial charge in [-0.1, -0.05) is 0 Å². The highest BCUT2D eigenvalue weighted by atomic mass is 16.5. The molecule has 0 spiro atoms. The summed E-state index contributed by atoms with van der Waals surface area (Å²) >= 11 is 0. The third kappa shape index (κ3) is 3.86. The van der Waals surface area contributed by atoms with Crippen molar-refractivity contribution in [3.63, 3.8) is 0 Å². The van der Waals surface area contributed by atoms with Gasteiger partial charge in [0.15, 0.2) is 18.1 Å². The number of benzene rings is 1. The molecular weight excluding hydrogens is 388 g/mol. The monoisotopic (exact) mass is 402 g/mol. The molecule has 0 aliphatic heterocycles. The minimum absolute atomic E-state index is 0.113. The molecule has 0 bridgehead atoms. The number of carboxylic acids is 1. The predicted octanol–water partition coefficient (Wildman–Crippen LogP) is 4.89. The van der Waals surface area contributed by atoms with E-state index < -0.39 is 12.6 Å². The second kappa shape index (κ2) is 8.24. The maximum Gasteiger partial charge on any atom is 0.341 e. The van der Waals surface area contributed by atoms with Gasteiger partial charge in [0.05, 0.1) is 18.1 Å². The fraction of sp³-hybridized carbons (Fsp3) is 0.0455. The standard InChI is InChI=1S/C22H14N2O6/c23-11-16-20(17-3-1-9-27-17)21(18-4-2-10-28-18)30-22(16)24-12-14-5-7-15(8-6-14)29-13-19(25)26/h1-10,12H,13H2,(H,25,26). The van der Waals surface area contributed by atoms with Gasteiger partial charge in [0, 0.05) is 6.21 Å². The minimum atomic E-state index is -1.05. The Balaban J connectivity index is 1.67. The Morgan fingerprint density at radius 1 is 1.10 bits per heavy atom. The van der Waals surface area contributed by atoms with Gasteiger partial charge in [-0.05, 0) is 54.1 Å². The third-order valence-electron chi connectivity index (χ3n) is 4.09. The van der Waals surface area contributed by atoms with E-state index in [1.165, 1.54) is 18.7 Å². The first-order valence-corrected chi connectivity index (χ1v) is 8.79. The second-order valence-electron chi connectivity index (χ2n) is 6.06. The van der Waals surface area contributed by atoms with Gasteiger partial charge in [-0.2, -0.15) is 5.26 Å². The molecule has 148 valence electrons. The van der Waals surface area contributed by atoms with Crippen LogP contribution in [0.25, 0.3) is 22.8 Å². The molecule has 4 rings (SSSR count). The zero-order valence-corrected chi connectivity index (χ0v) is 15.4. The van der Waals surface area contributed by atoms with E-state index >= 15 is 0 Å². The molecule has 0 unspecified atom stereocenters. The van der Waals surface area contributed by atoms with Crippen LogP contribution in [0.15, 0.2) is 79.3 Å². The zero-order valence-electron chi connectivity index (χ0n) is 15.4. The Morgan fingerprint density at radius 3 is 2.40 bits per heavy atom. The molecule has 0 fully saturated rings. The lowest BCUT2D eigenvalue weighted by Gasteiger charge is -2.02. The molecule has 30 heavy (non-hydrogen) atoms. The van der Waals surface area contributed by atoms with Gasteiger partial charge in [-0.15, -0.1) is 0 Å². The summed E-state index contributed by atoms with van der Waals surface area (Å²) in [7, 11) is 0. The molecule has 0 atom stereocenters. The van der Waals surface area contributed by atoms with Gasteiger partial charge in [0.1, 0.15) is 23.1 Å². The van der Waals surface area contributed by atoms with Crippen LogP contribution in [0, 0.1) is 11.3 Å². The molecule has 1 aromatic carbocycles. The molecule has 8 heteroatoms. The molecule has 0 saturated carbocycles. The molecule has 0 saturated heterocycles. The molecule has 3 heterocycles. The van der Waals surface area contributed by atoms with Crippen molar-refractivity contribution in [2.75, 3.05) is 6.61 Å². The van der Waals surface area contributed by atoms with Gasteiger partial charge in [-0.25, -0.2) is 9.79 Å². The number of carboxylic acid groups (broad SMARTS) is 1. The number of hydrogen-bond donors (Lipinski definition) is 1. The lowest BCUT2D eigenvalue weighted by atomic mass is 10.1. The lowest BCUT2D eigenvalue weighted by molar-refractivity contribution is -0.139. The largest absolute Gasteiger partial charge is 0.482 e. The van der Waals surface area contributed by atoms with Crippen molar-refractivity contribution in [1.29, 1.82) is 5.26 Å². The van der Waals surface area contributed by atoms with E-state index in [-0.39, 0.29) is 11.4 Å². The van der Waals surface area contributed by atoms with Gasteiger partial charge < -0.3 is 23.1 Å².